The molecule has 1 aromatic heterocycles. The van der Waals surface area contributed by atoms with E-state index < -0.39 is 5.97 Å². The minimum atomic E-state index is -0.506. The predicted molar refractivity (Wildman–Crippen MR) is 118 cm³/mol. The van der Waals surface area contributed by atoms with E-state index in [0.29, 0.717) is 27.6 Å². The number of hydrogen-bond acceptors (Lipinski definition) is 6. The van der Waals surface area contributed by atoms with Gasteiger partial charge in [-0.25, -0.2) is 4.79 Å². The van der Waals surface area contributed by atoms with Crippen molar-refractivity contribution in [1.29, 1.82) is 0 Å². The summed E-state index contributed by atoms with van der Waals surface area (Å²) in [7, 11) is 4.36. The average Bonchev–Trinajstić information content (AvgIpc) is 3.08. The summed E-state index contributed by atoms with van der Waals surface area (Å²) in [5.74, 6) is 0.105. The third-order valence-corrected chi connectivity index (χ3v) is 5.68. The normalized spacial score (nSPS) is 10.4. The SMILES string of the molecule is COC(=O)c1c(NC(=O)c2cc(OC)cc(OC)c2)sc(C)c1-c1ccc(C)cc1. The number of nitrogens with one attached hydrogen (secondary N) is 1. The van der Waals surface area contributed by atoms with Gasteiger partial charge >= 0.3 is 5.97 Å². The lowest BCUT2D eigenvalue weighted by atomic mass is 10.0. The molecular formula is C23H23NO5S. The van der Waals surface area contributed by atoms with Gasteiger partial charge in [0, 0.05) is 22.1 Å². The van der Waals surface area contributed by atoms with Gasteiger partial charge in [-0.3, -0.25) is 4.79 Å². The van der Waals surface area contributed by atoms with Crippen LogP contribution in [0.15, 0.2) is 42.5 Å². The van der Waals surface area contributed by atoms with E-state index in [1.54, 1.807) is 18.2 Å². The number of benzene rings is 2. The molecule has 0 spiro atoms. The first kappa shape index (κ1) is 21.4. The summed E-state index contributed by atoms with van der Waals surface area (Å²) in [6.07, 6.45) is 0. The van der Waals surface area contributed by atoms with Crippen molar-refractivity contribution in [2.24, 2.45) is 0 Å². The van der Waals surface area contributed by atoms with E-state index in [1.165, 1.54) is 32.7 Å². The molecule has 1 N–H and O–H groups in total. The van der Waals surface area contributed by atoms with Crippen molar-refractivity contribution in [3.63, 3.8) is 0 Å². The highest BCUT2D eigenvalue weighted by Gasteiger charge is 2.25. The van der Waals surface area contributed by atoms with E-state index in [1.807, 2.05) is 38.1 Å². The van der Waals surface area contributed by atoms with E-state index >= 15 is 0 Å². The summed E-state index contributed by atoms with van der Waals surface area (Å²) < 4.78 is 15.5. The number of amides is 1. The first-order valence-corrected chi connectivity index (χ1v) is 10.0. The molecule has 0 bridgehead atoms. The van der Waals surface area contributed by atoms with Crippen LogP contribution in [0.3, 0.4) is 0 Å². The molecule has 30 heavy (non-hydrogen) atoms. The second-order valence-electron chi connectivity index (χ2n) is 6.65. The zero-order valence-electron chi connectivity index (χ0n) is 17.5. The second-order valence-corrected chi connectivity index (χ2v) is 7.88. The molecule has 156 valence electrons. The summed E-state index contributed by atoms with van der Waals surface area (Å²) in [6, 6.07) is 12.8. The van der Waals surface area contributed by atoms with Crippen molar-refractivity contribution in [3.8, 4) is 22.6 Å². The van der Waals surface area contributed by atoms with Gasteiger partial charge in [-0.2, -0.15) is 0 Å². The molecule has 1 amide bonds. The quantitative estimate of drug-likeness (QED) is 0.557. The molecule has 0 saturated heterocycles. The monoisotopic (exact) mass is 425 g/mol. The van der Waals surface area contributed by atoms with E-state index in [9.17, 15) is 9.59 Å². The van der Waals surface area contributed by atoms with Gasteiger partial charge in [0.25, 0.3) is 5.91 Å². The van der Waals surface area contributed by atoms with Crippen LogP contribution >= 0.6 is 11.3 Å². The number of carbonyl (C=O) groups excluding carboxylic acids is 2. The maximum Gasteiger partial charge on any atom is 0.341 e. The number of carbonyl (C=O) groups is 2. The smallest absolute Gasteiger partial charge is 0.341 e. The van der Waals surface area contributed by atoms with Crippen LogP contribution in [-0.4, -0.2) is 33.2 Å². The third-order valence-electron chi connectivity index (χ3n) is 4.65. The molecule has 3 rings (SSSR count). The van der Waals surface area contributed by atoms with Gasteiger partial charge < -0.3 is 19.5 Å². The third kappa shape index (κ3) is 4.31. The standard InChI is InChI=1S/C23H23NO5S/c1-13-6-8-15(9-7-13)19-14(2)30-22(20(19)23(26)29-5)24-21(25)16-10-17(27-3)12-18(11-16)28-4/h6-12H,1-5H3,(H,24,25). The van der Waals surface area contributed by atoms with Gasteiger partial charge in [0.1, 0.15) is 22.1 Å². The van der Waals surface area contributed by atoms with Crippen molar-refractivity contribution in [1.82, 2.24) is 0 Å². The molecule has 2 aromatic carbocycles. The zero-order valence-corrected chi connectivity index (χ0v) is 18.3. The van der Waals surface area contributed by atoms with Gasteiger partial charge in [-0.15, -0.1) is 11.3 Å². The van der Waals surface area contributed by atoms with Gasteiger partial charge in [0.2, 0.25) is 0 Å². The molecule has 0 radical (unpaired) electrons. The predicted octanol–water partition coefficient (Wildman–Crippen LogP) is 5.09. The Morgan fingerprint density at radius 3 is 2.03 bits per heavy atom. The summed E-state index contributed by atoms with van der Waals surface area (Å²) in [4.78, 5) is 26.5. The summed E-state index contributed by atoms with van der Waals surface area (Å²) in [5, 5.41) is 3.29. The number of esters is 1. The first-order chi connectivity index (χ1) is 14.4. The highest BCUT2D eigenvalue weighted by Crippen LogP contribution is 2.40. The molecule has 0 atom stereocenters. The second kappa shape index (κ2) is 9.00. The largest absolute Gasteiger partial charge is 0.497 e. The molecule has 3 aromatic rings. The topological polar surface area (TPSA) is 73.9 Å². The Kier molecular flexibility index (Phi) is 6.42. The van der Waals surface area contributed by atoms with Crippen LogP contribution in [0.2, 0.25) is 0 Å². The molecule has 6 nitrogen and oxygen atoms in total. The molecule has 0 unspecified atom stereocenters. The maximum atomic E-state index is 12.9. The maximum absolute atomic E-state index is 12.9. The molecule has 0 aliphatic carbocycles. The van der Waals surface area contributed by atoms with Crippen LogP contribution in [0.4, 0.5) is 5.00 Å². The van der Waals surface area contributed by atoms with Crippen LogP contribution in [0.25, 0.3) is 11.1 Å². The minimum Gasteiger partial charge on any atom is -0.497 e. The Bertz CT molecular complexity index is 1060. The Hall–Kier alpha value is -3.32. The molecular weight excluding hydrogens is 402 g/mol. The highest BCUT2D eigenvalue weighted by atomic mass is 32.1. The van der Waals surface area contributed by atoms with Crippen LogP contribution in [0, 0.1) is 13.8 Å². The fourth-order valence-electron chi connectivity index (χ4n) is 3.11. The van der Waals surface area contributed by atoms with Crippen molar-refractivity contribution in [2.45, 2.75) is 13.8 Å². The fraction of sp³-hybridized carbons (Fsp3) is 0.217. The van der Waals surface area contributed by atoms with E-state index in [0.717, 1.165) is 21.6 Å². The fourth-order valence-corrected chi connectivity index (χ4v) is 4.17. The highest BCUT2D eigenvalue weighted by molar-refractivity contribution is 7.17. The Labute approximate surface area is 179 Å². The van der Waals surface area contributed by atoms with Gasteiger partial charge in [0.15, 0.2) is 0 Å². The van der Waals surface area contributed by atoms with Crippen LogP contribution in [0.5, 0.6) is 11.5 Å². The van der Waals surface area contributed by atoms with Gasteiger partial charge in [-0.05, 0) is 31.5 Å². The number of hydrogen-bond donors (Lipinski definition) is 1. The number of rotatable bonds is 6. The van der Waals surface area contributed by atoms with Crippen molar-refractivity contribution in [3.05, 3.63) is 64.0 Å². The number of ether oxygens (including phenoxy) is 3. The molecule has 0 fully saturated rings. The van der Waals surface area contributed by atoms with Crippen LogP contribution < -0.4 is 14.8 Å². The first-order valence-electron chi connectivity index (χ1n) is 9.21. The number of methoxy groups -OCH3 is 3. The Morgan fingerprint density at radius 2 is 1.50 bits per heavy atom. The summed E-state index contributed by atoms with van der Waals surface area (Å²) >= 11 is 1.33. The lowest BCUT2D eigenvalue weighted by Gasteiger charge is -2.10. The van der Waals surface area contributed by atoms with Crippen LogP contribution in [-0.2, 0) is 4.74 Å². The minimum absolute atomic E-state index is 0.340. The average molecular weight is 426 g/mol. The Balaban J connectivity index is 2.04. The van der Waals surface area contributed by atoms with Gasteiger partial charge in [-0.1, -0.05) is 29.8 Å². The number of aryl methyl sites for hydroxylation is 2. The molecule has 0 aliphatic rings. The summed E-state index contributed by atoms with van der Waals surface area (Å²) in [5.41, 5.74) is 3.45. The lowest BCUT2D eigenvalue weighted by Crippen LogP contribution is -2.14. The van der Waals surface area contributed by atoms with Crippen molar-refractivity contribution >= 4 is 28.2 Å². The van der Waals surface area contributed by atoms with Crippen molar-refractivity contribution < 1.29 is 23.8 Å². The number of thiophene rings is 1. The van der Waals surface area contributed by atoms with Gasteiger partial charge in [0.05, 0.1) is 21.3 Å². The molecule has 7 heteroatoms. The van der Waals surface area contributed by atoms with E-state index in [4.69, 9.17) is 14.2 Å². The molecule has 0 aliphatic heterocycles. The summed E-state index contributed by atoms with van der Waals surface area (Å²) in [6.45, 7) is 3.91. The molecule has 0 saturated carbocycles. The number of anilines is 1. The van der Waals surface area contributed by atoms with Crippen LogP contribution in [0.1, 0.15) is 31.2 Å². The van der Waals surface area contributed by atoms with E-state index in [2.05, 4.69) is 5.32 Å². The zero-order chi connectivity index (χ0) is 21.8. The van der Waals surface area contributed by atoms with Crippen molar-refractivity contribution in [2.75, 3.05) is 26.6 Å². The lowest BCUT2D eigenvalue weighted by molar-refractivity contribution is 0.0603. The Morgan fingerprint density at radius 1 is 0.900 bits per heavy atom. The van der Waals surface area contributed by atoms with E-state index in [-0.39, 0.29) is 5.91 Å². The molecule has 1 heterocycles.